The van der Waals surface area contributed by atoms with Gasteiger partial charge in [-0.15, -0.1) is 0 Å². The van der Waals surface area contributed by atoms with Gasteiger partial charge in [0.25, 0.3) is 0 Å². The molecule has 0 radical (unpaired) electrons. The highest BCUT2D eigenvalue weighted by Gasteiger charge is 2.26. The molecule has 0 saturated heterocycles. The van der Waals surface area contributed by atoms with Gasteiger partial charge < -0.3 is 5.73 Å². The Balaban J connectivity index is 3.60. The van der Waals surface area contributed by atoms with Crippen LogP contribution in [0.15, 0.2) is 0 Å². The lowest BCUT2D eigenvalue weighted by atomic mass is 10.0. The Morgan fingerprint density at radius 3 is 2.38 bits per heavy atom. The summed E-state index contributed by atoms with van der Waals surface area (Å²) in [5.41, 5.74) is 5.19. The second kappa shape index (κ2) is 5.21. The first kappa shape index (κ1) is 12.4. The summed E-state index contributed by atoms with van der Waals surface area (Å²) >= 11 is 0. The lowest BCUT2D eigenvalue weighted by Crippen LogP contribution is -2.20. The first-order valence-electron chi connectivity index (χ1n) is 4.16. The van der Waals surface area contributed by atoms with Gasteiger partial charge in [0.05, 0.1) is 0 Å². The molecular weight excluding hydrogens is 183 g/mol. The van der Waals surface area contributed by atoms with E-state index < -0.39 is 12.6 Å². The highest BCUT2D eigenvalue weighted by atomic mass is 19.4. The van der Waals surface area contributed by atoms with Gasteiger partial charge in [0.15, 0.2) is 0 Å². The van der Waals surface area contributed by atoms with E-state index in [9.17, 15) is 18.0 Å². The maximum Gasteiger partial charge on any atom is 0.389 e. The largest absolute Gasteiger partial charge is 0.389 e. The number of hydrogen-bond acceptors (Lipinski definition) is 2. The Kier molecular flexibility index (Phi) is 4.98. The Hall–Kier alpha value is -0.580. The van der Waals surface area contributed by atoms with Crippen LogP contribution in [-0.2, 0) is 4.79 Å². The number of nitrogens with two attached hydrogens (primary N) is 1. The van der Waals surface area contributed by atoms with Gasteiger partial charge in [-0.25, -0.2) is 0 Å². The summed E-state index contributed by atoms with van der Waals surface area (Å²) in [4.78, 5) is 11.0. The number of alkyl halides is 3. The van der Waals surface area contributed by atoms with Gasteiger partial charge in [0, 0.05) is 25.3 Å². The van der Waals surface area contributed by atoms with Crippen molar-refractivity contribution in [3.05, 3.63) is 0 Å². The fraction of sp³-hybridized carbons (Fsp3) is 0.875. The van der Waals surface area contributed by atoms with Crippen molar-refractivity contribution in [2.75, 3.05) is 6.54 Å². The Labute approximate surface area is 75.3 Å². The molecule has 1 unspecified atom stereocenters. The summed E-state index contributed by atoms with van der Waals surface area (Å²) in [7, 11) is 0. The lowest BCUT2D eigenvalue weighted by molar-refractivity contribution is -0.137. The Morgan fingerprint density at radius 1 is 1.46 bits per heavy atom. The van der Waals surface area contributed by atoms with E-state index in [0.29, 0.717) is 0 Å². The molecule has 0 aromatic carbocycles. The van der Waals surface area contributed by atoms with E-state index in [4.69, 9.17) is 5.73 Å². The standard InChI is InChI=1S/C8H14F3NO/c1-6(5-12)7(13)3-2-4-8(9,10)11/h6H,2-5,12H2,1H3. The van der Waals surface area contributed by atoms with Crippen LogP contribution in [-0.4, -0.2) is 18.5 Å². The van der Waals surface area contributed by atoms with Crippen LogP contribution in [0.5, 0.6) is 0 Å². The molecule has 0 aliphatic rings. The van der Waals surface area contributed by atoms with E-state index in [0.717, 1.165) is 0 Å². The summed E-state index contributed by atoms with van der Waals surface area (Å²) in [5.74, 6) is -0.514. The third-order valence-corrected chi connectivity index (χ3v) is 1.79. The van der Waals surface area contributed by atoms with Crippen LogP contribution >= 0.6 is 0 Å². The zero-order chi connectivity index (χ0) is 10.5. The molecule has 1 atom stereocenters. The SMILES string of the molecule is CC(CN)C(=O)CCCC(F)(F)F. The molecule has 0 fully saturated rings. The molecule has 0 saturated carbocycles. The van der Waals surface area contributed by atoms with Crippen LogP contribution in [0.2, 0.25) is 0 Å². The highest BCUT2D eigenvalue weighted by molar-refractivity contribution is 5.80. The topological polar surface area (TPSA) is 43.1 Å². The van der Waals surface area contributed by atoms with E-state index in [-0.39, 0.29) is 31.1 Å². The summed E-state index contributed by atoms with van der Waals surface area (Å²) in [5, 5.41) is 0. The minimum atomic E-state index is -4.16. The van der Waals surface area contributed by atoms with Crippen molar-refractivity contribution < 1.29 is 18.0 Å². The quantitative estimate of drug-likeness (QED) is 0.731. The van der Waals surface area contributed by atoms with E-state index in [1.54, 1.807) is 6.92 Å². The lowest BCUT2D eigenvalue weighted by Gasteiger charge is -2.08. The molecule has 0 amide bonds. The maximum absolute atomic E-state index is 11.7. The van der Waals surface area contributed by atoms with E-state index in [1.807, 2.05) is 0 Å². The molecule has 5 heteroatoms. The number of halogens is 3. The predicted octanol–water partition coefficient (Wildman–Crippen LogP) is 1.88. The summed E-state index contributed by atoms with van der Waals surface area (Å²) in [6.45, 7) is 1.82. The van der Waals surface area contributed by atoms with Crippen LogP contribution in [0.4, 0.5) is 13.2 Å². The van der Waals surface area contributed by atoms with Gasteiger partial charge in [-0.05, 0) is 6.42 Å². The number of ketones is 1. The fourth-order valence-electron chi connectivity index (χ4n) is 0.841. The Bertz CT molecular complexity index is 167. The first-order valence-corrected chi connectivity index (χ1v) is 4.16. The molecular formula is C8H14F3NO. The molecule has 0 aromatic rings. The van der Waals surface area contributed by atoms with Crippen molar-refractivity contribution in [2.45, 2.75) is 32.4 Å². The van der Waals surface area contributed by atoms with Crippen molar-refractivity contribution in [1.82, 2.24) is 0 Å². The van der Waals surface area contributed by atoms with Crippen LogP contribution in [0.25, 0.3) is 0 Å². The highest BCUT2D eigenvalue weighted by Crippen LogP contribution is 2.22. The van der Waals surface area contributed by atoms with Gasteiger partial charge in [-0.3, -0.25) is 4.79 Å². The minimum absolute atomic E-state index is 0.0299. The normalized spacial score (nSPS) is 14.2. The van der Waals surface area contributed by atoms with Crippen molar-refractivity contribution in [2.24, 2.45) is 11.7 Å². The molecule has 78 valence electrons. The number of rotatable bonds is 5. The van der Waals surface area contributed by atoms with Crippen molar-refractivity contribution in [1.29, 1.82) is 0 Å². The average Bonchev–Trinajstić information content (AvgIpc) is 2.00. The molecule has 0 rings (SSSR count). The number of carbonyl (C=O) groups excluding carboxylic acids is 1. The third-order valence-electron chi connectivity index (χ3n) is 1.79. The van der Waals surface area contributed by atoms with Crippen LogP contribution in [0, 0.1) is 5.92 Å². The number of Topliss-reactive ketones (excluding diaryl/α,β-unsaturated/α-hetero) is 1. The van der Waals surface area contributed by atoms with Crippen LogP contribution in [0.3, 0.4) is 0 Å². The van der Waals surface area contributed by atoms with Gasteiger partial charge in [-0.2, -0.15) is 13.2 Å². The minimum Gasteiger partial charge on any atom is -0.330 e. The molecule has 0 aromatic heterocycles. The smallest absolute Gasteiger partial charge is 0.330 e. The van der Waals surface area contributed by atoms with Crippen molar-refractivity contribution in [3.63, 3.8) is 0 Å². The Morgan fingerprint density at radius 2 is 2.00 bits per heavy atom. The number of hydrogen-bond donors (Lipinski definition) is 1. The van der Waals surface area contributed by atoms with Gasteiger partial charge >= 0.3 is 6.18 Å². The van der Waals surface area contributed by atoms with E-state index >= 15 is 0 Å². The molecule has 2 N–H and O–H groups in total. The van der Waals surface area contributed by atoms with Crippen LogP contribution < -0.4 is 5.73 Å². The summed E-state index contributed by atoms with van der Waals surface area (Å²) in [6, 6.07) is 0. The molecule has 0 bridgehead atoms. The third kappa shape index (κ3) is 6.57. The zero-order valence-corrected chi connectivity index (χ0v) is 7.53. The summed E-state index contributed by atoms with van der Waals surface area (Å²) < 4.78 is 35.0. The monoisotopic (exact) mass is 197 g/mol. The number of carbonyl (C=O) groups is 1. The zero-order valence-electron chi connectivity index (χ0n) is 7.53. The molecule has 0 aliphatic heterocycles. The van der Waals surface area contributed by atoms with Gasteiger partial charge in [-0.1, -0.05) is 6.92 Å². The van der Waals surface area contributed by atoms with E-state index in [2.05, 4.69) is 0 Å². The second-order valence-corrected chi connectivity index (χ2v) is 3.07. The average molecular weight is 197 g/mol. The predicted molar refractivity (Wildman–Crippen MR) is 43.1 cm³/mol. The van der Waals surface area contributed by atoms with Crippen LogP contribution in [0.1, 0.15) is 26.2 Å². The van der Waals surface area contributed by atoms with Gasteiger partial charge in [0.2, 0.25) is 0 Å². The second-order valence-electron chi connectivity index (χ2n) is 3.07. The first-order chi connectivity index (χ1) is 5.87. The fourth-order valence-corrected chi connectivity index (χ4v) is 0.841. The van der Waals surface area contributed by atoms with E-state index in [1.165, 1.54) is 0 Å². The van der Waals surface area contributed by atoms with Crippen molar-refractivity contribution in [3.8, 4) is 0 Å². The molecule has 0 aliphatic carbocycles. The summed E-state index contributed by atoms with van der Waals surface area (Å²) in [6.07, 6.45) is -5.22. The van der Waals surface area contributed by atoms with Gasteiger partial charge in [0.1, 0.15) is 5.78 Å². The molecule has 2 nitrogen and oxygen atoms in total. The molecule has 13 heavy (non-hydrogen) atoms. The maximum atomic E-state index is 11.7. The molecule has 0 heterocycles. The van der Waals surface area contributed by atoms with Crippen molar-refractivity contribution >= 4 is 5.78 Å². The molecule has 0 spiro atoms.